The number of carbonyl (C=O) groups is 4. The lowest BCUT2D eigenvalue weighted by molar-refractivity contribution is -0.189. The fraction of sp³-hybridized carbons (Fsp3) is 0.520. The van der Waals surface area contributed by atoms with E-state index in [1.54, 1.807) is 4.90 Å². The molecule has 0 bridgehead atoms. The van der Waals surface area contributed by atoms with E-state index in [1.165, 1.54) is 14.9 Å². The summed E-state index contributed by atoms with van der Waals surface area (Å²) in [6, 6.07) is 8.04. The molecule has 2 heterocycles. The van der Waals surface area contributed by atoms with Crippen LogP contribution in [-0.4, -0.2) is 87.1 Å². The van der Waals surface area contributed by atoms with Crippen molar-refractivity contribution in [3.63, 3.8) is 0 Å². The second-order valence-corrected chi connectivity index (χ2v) is 8.74. The van der Waals surface area contributed by atoms with Crippen LogP contribution in [0.5, 0.6) is 0 Å². The van der Waals surface area contributed by atoms with Crippen LogP contribution >= 0.6 is 0 Å². The Morgan fingerprint density at radius 3 is 2.60 bits per heavy atom. The van der Waals surface area contributed by atoms with Crippen molar-refractivity contribution in [2.75, 3.05) is 26.2 Å². The Labute approximate surface area is 205 Å². The number of fused-ring (bicyclic) bond motifs is 1. The topological polar surface area (TPSA) is 114 Å². The molecule has 2 atom stereocenters. The monoisotopic (exact) mass is 483 g/mol. The van der Waals surface area contributed by atoms with Crippen molar-refractivity contribution in [3.05, 3.63) is 35.9 Å². The lowest BCUT2D eigenvalue weighted by Gasteiger charge is -2.54. The number of unbranched alkanes of at least 4 members (excludes halogenated alkanes) is 2. The third-order valence-electron chi connectivity index (χ3n) is 6.26. The Hall–Kier alpha value is -3.58. The molecular weight excluding hydrogens is 450 g/mol. The number of carboxylic acids is 1. The fourth-order valence-electron chi connectivity index (χ4n) is 4.58. The van der Waals surface area contributed by atoms with Gasteiger partial charge in [0.05, 0.1) is 19.6 Å². The molecule has 2 aliphatic rings. The molecule has 35 heavy (non-hydrogen) atoms. The normalized spacial score (nSPS) is 20.4. The molecule has 1 aromatic carbocycles. The van der Waals surface area contributed by atoms with Crippen LogP contribution in [0, 0.1) is 12.3 Å². The number of rotatable bonds is 10. The predicted octanol–water partition coefficient (Wildman–Crippen LogP) is 1.48. The van der Waals surface area contributed by atoms with Crippen molar-refractivity contribution in [1.29, 1.82) is 0 Å². The number of terminal acetylenes is 1. The number of hydrogen-bond donors (Lipinski definition) is 2. The first kappa shape index (κ1) is 26.0. The second kappa shape index (κ2) is 12.2. The Bertz CT molecular complexity index is 963. The zero-order valence-electron chi connectivity index (χ0n) is 20.1. The number of aliphatic carboxylic acids is 1. The van der Waals surface area contributed by atoms with Crippen LogP contribution in [0.25, 0.3) is 0 Å². The summed E-state index contributed by atoms with van der Waals surface area (Å²) in [5.74, 6) is 0.824. The number of nitrogens with one attached hydrogen (secondary N) is 1. The molecule has 2 N–H and O–H groups in total. The molecule has 188 valence electrons. The van der Waals surface area contributed by atoms with Crippen LogP contribution < -0.4 is 5.32 Å². The average molecular weight is 484 g/mol. The van der Waals surface area contributed by atoms with Gasteiger partial charge in [0.25, 0.3) is 0 Å². The smallest absolute Gasteiger partial charge is 0.334 e. The highest BCUT2D eigenvalue weighted by molar-refractivity contribution is 5.91. The Balaban J connectivity index is 1.90. The van der Waals surface area contributed by atoms with Crippen molar-refractivity contribution in [3.8, 4) is 12.3 Å². The minimum Gasteiger partial charge on any atom is -0.481 e. The molecule has 0 aliphatic carbocycles. The highest BCUT2D eigenvalue weighted by atomic mass is 16.4. The van der Waals surface area contributed by atoms with Gasteiger partial charge in [0.15, 0.2) is 0 Å². The molecule has 3 rings (SSSR count). The van der Waals surface area contributed by atoms with Gasteiger partial charge in [-0.15, -0.1) is 6.42 Å². The third-order valence-corrected chi connectivity index (χ3v) is 6.26. The number of nitrogens with zero attached hydrogens (tertiary/aromatic N) is 4. The number of urea groups is 1. The highest BCUT2D eigenvalue weighted by Gasteiger charge is 2.51. The number of amides is 4. The Kier molecular flexibility index (Phi) is 9.09. The third kappa shape index (κ3) is 6.31. The molecule has 10 nitrogen and oxygen atoms in total. The van der Waals surface area contributed by atoms with Gasteiger partial charge in [0.1, 0.15) is 12.2 Å². The van der Waals surface area contributed by atoms with E-state index in [9.17, 15) is 24.3 Å². The van der Waals surface area contributed by atoms with Crippen LogP contribution in [0.3, 0.4) is 0 Å². The molecule has 1 aromatic rings. The van der Waals surface area contributed by atoms with Gasteiger partial charge < -0.3 is 20.2 Å². The summed E-state index contributed by atoms with van der Waals surface area (Å²) in [6.45, 7) is 2.82. The summed E-state index contributed by atoms with van der Waals surface area (Å²) in [5.41, 5.74) is 0.911. The van der Waals surface area contributed by atoms with Gasteiger partial charge in [-0.3, -0.25) is 14.4 Å². The maximum atomic E-state index is 13.4. The van der Waals surface area contributed by atoms with Crippen LogP contribution in [0.4, 0.5) is 4.79 Å². The molecule has 4 amide bonds. The number of benzene rings is 1. The summed E-state index contributed by atoms with van der Waals surface area (Å²) < 4.78 is 0. The van der Waals surface area contributed by atoms with Gasteiger partial charge in [-0.05, 0) is 18.4 Å². The molecule has 0 unspecified atom stereocenters. The molecule has 0 spiro atoms. The number of hydrazine groups is 1. The lowest BCUT2D eigenvalue weighted by Crippen LogP contribution is -2.76. The summed E-state index contributed by atoms with van der Waals surface area (Å²) in [6.07, 6.45) is 7.16. The van der Waals surface area contributed by atoms with Gasteiger partial charge in [-0.1, -0.05) is 56.0 Å². The van der Waals surface area contributed by atoms with Crippen LogP contribution in [-0.2, 0) is 20.9 Å². The summed E-state index contributed by atoms with van der Waals surface area (Å²) >= 11 is 0. The zero-order valence-corrected chi connectivity index (χ0v) is 20.1. The Morgan fingerprint density at radius 1 is 1.20 bits per heavy atom. The maximum absolute atomic E-state index is 13.4. The van der Waals surface area contributed by atoms with E-state index in [0.29, 0.717) is 6.54 Å². The van der Waals surface area contributed by atoms with Crippen molar-refractivity contribution < 1.29 is 24.3 Å². The zero-order chi connectivity index (χ0) is 25.4. The Morgan fingerprint density at radius 2 is 1.94 bits per heavy atom. The van der Waals surface area contributed by atoms with Gasteiger partial charge in [-0.25, -0.2) is 9.80 Å². The molecule has 0 aromatic heterocycles. The van der Waals surface area contributed by atoms with E-state index in [4.69, 9.17) is 6.42 Å². The minimum atomic E-state index is -1.05. The number of carbonyl (C=O) groups excluding carboxylic acids is 3. The molecule has 2 saturated heterocycles. The van der Waals surface area contributed by atoms with Gasteiger partial charge >= 0.3 is 12.0 Å². The van der Waals surface area contributed by atoms with E-state index >= 15 is 0 Å². The second-order valence-electron chi connectivity index (χ2n) is 8.74. The molecule has 0 saturated carbocycles. The van der Waals surface area contributed by atoms with Gasteiger partial charge in [-0.2, -0.15) is 5.01 Å². The van der Waals surface area contributed by atoms with Crippen LogP contribution in [0.1, 0.15) is 44.6 Å². The number of piperazine rings is 1. The first-order valence-electron chi connectivity index (χ1n) is 12.0. The predicted molar refractivity (Wildman–Crippen MR) is 128 cm³/mol. The van der Waals surface area contributed by atoms with Crippen molar-refractivity contribution >= 4 is 23.8 Å². The minimum absolute atomic E-state index is 0.0186. The average Bonchev–Trinajstić information content (AvgIpc) is 2.83. The first-order chi connectivity index (χ1) is 16.9. The van der Waals surface area contributed by atoms with Gasteiger partial charge in [0, 0.05) is 19.5 Å². The fourth-order valence-corrected chi connectivity index (χ4v) is 4.58. The summed E-state index contributed by atoms with van der Waals surface area (Å²) in [5, 5.41) is 15.1. The van der Waals surface area contributed by atoms with Crippen LogP contribution in [0.2, 0.25) is 0 Å². The quantitative estimate of drug-likeness (QED) is 0.385. The van der Waals surface area contributed by atoms with Gasteiger partial charge in [0.2, 0.25) is 11.8 Å². The van der Waals surface area contributed by atoms with Crippen LogP contribution in [0.15, 0.2) is 30.3 Å². The van der Waals surface area contributed by atoms with Crippen molar-refractivity contribution in [2.24, 2.45) is 0 Å². The van der Waals surface area contributed by atoms with E-state index < -0.39 is 24.2 Å². The molecule has 2 fully saturated rings. The first-order valence-corrected chi connectivity index (χ1v) is 12.0. The van der Waals surface area contributed by atoms with E-state index in [0.717, 1.165) is 24.8 Å². The van der Waals surface area contributed by atoms with E-state index in [2.05, 4.69) is 18.2 Å². The SMILES string of the molecule is C#CCN1CC(=O)N2[C@@H](CCC(=O)O)C(=O)N(CCCCC)C[C@@H]2N1C(=O)NCc1ccccc1. The van der Waals surface area contributed by atoms with Crippen molar-refractivity contribution in [2.45, 2.75) is 57.8 Å². The maximum Gasteiger partial charge on any atom is 0.334 e. The largest absolute Gasteiger partial charge is 0.481 e. The van der Waals surface area contributed by atoms with E-state index in [1.807, 2.05) is 30.3 Å². The lowest BCUT2D eigenvalue weighted by atomic mass is 10.0. The number of carboxylic acid groups (broad SMARTS) is 1. The highest BCUT2D eigenvalue weighted by Crippen LogP contribution is 2.28. The molecule has 10 heteroatoms. The van der Waals surface area contributed by atoms with E-state index in [-0.39, 0.29) is 50.8 Å². The summed E-state index contributed by atoms with van der Waals surface area (Å²) in [7, 11) is 0. The molecule has 2 aliphatic heterocycles. The number of hydrogen-bond acceptors (Lipinski definition) is 5. The van der Waals surface area contributed by atoms with Crippen molar-refractivity contribution in [1.82, 2.24) is 25.1 Å². The molecular formula is C25H33N5O5. The standard InChI is InChI=1S/C25H33N5O5/c1-3-5-9-15-27-17-21-29(20(24(27)34)12-13-23(32)33)22(31)18-28(14-4-2)30(21)25(35)26-16-19-10-7-6-8-11-19/h2,6-8,10-11,20-21H,3,5,9,12-18H2,1H3,(H,26,35)(H,32,33)/t20-,21-/m0/s1. The molecule has 0 radical (unpaired) electrons. The summed E-state index contributed by atoms with van der Waals surface area (Å²) in [4.78, 5) is 54.2.